The van der Waals surface area contributed by atoms with Crippen molar-refractivity contribution >= 4 is 30.7 Å². The van der Waals surface area contributed by atoms with Crippen LogP contribution in [0.5, 0.6) is 5.75 Å². The molecule has 27 heavy (non-hydrogen) atoms. The Morgan fingerprint density at radius 3 is 2.30 bits per heavy atom. The topological polar surface area (TPSA) is 67.6 Å². The van der Waals surface area contributed by atoms with E-state index in [2.05, 4.69) is 10.2 Å². The predicted molar refractivity (Wildman–Crippen MR) is 115 cm³/mol. The second-order valence-electron chi connectivity index (χ2n) is 6.29. The van der Waals surface area contributed by atoms with Crippen LogP contribution in [0.3, 0.4) is 0 Å². The lowest BCUT2D eigenvalue weighted by Crippen LogP contribution is -2.27. The molecule has 0 aliphatic rings. The third-order valence-electron chi connectivity index (χ3n) is 3.85. The molecule has 150 valence electrons. The first kappa shape index (κ1) is 25.2. The van der Waals surface area contributed by atoms with Gasteiger partial charge in [0.2, 0.25) is 5.91 Å². The van der Waals surface area contributed by atoms with Crippen LogP contribution in [0.25, 0.3) is 0 Å². The average molecular weight is 414 g/mol. The van der Waals surface area contributed by atoms with E-state index in [4.69, 9.17) is 10.5 Å². The number of hydrogen-bond donors (Lipinski definition) is 2. The molecule has 0 spiro atoms. The van der Waals surface area contributed by atoms with E-state index in [-0.39, 0.29) is 43.2 Å². The van der Waals surface area contributed by atoms with Crippen molar-refractivity contribution in [2.45, 2.75) is 19.0 Å². The van der Waals surface area contributed by atoms with Gasteiger partial charge in [0.15, 0.2) is 0 Å². The van der Waals surface area contributed by atoms with Crippen LogP contribution in [0.15, 0.2) is 54.6 Å². The number of nitrogens with two attached hydrogens (primary N) is 1. The zero-order chi connectivity index (χ0) is 18.1. The van der Waals surface area contributed by atoms with E-state index in [0.29, 0.717) is 13.2 Å². The summed E-state index contributed by atoms with van der Waals surface area (Å²) in [5, 5.41) is 2.91. The fourth-order valence-electron chi connectivity index (χ4n) is 2.34. The molecule has 0 fully saturated rings. The first-order valence-electron chi connectivity index (χ1n) is 8.48. The van der Waals surface area contributed by atoms with Crippen LogP contribution in [0.4, 0.5) is 0 Å². The molecule has 2 rings (SSSR count). The summed E-state index contributed by atoms with van der Waals surface area (Å²) in [5.41, 5.74) is 8.07. The van der Waals surface area contributed by atoms with E-state index < -0.39 is 0 Å². The van der Waals surface area contributed by atoms with E-state index in [0.717, 1.165) is 23.4 Å². The SMILES string of the molecule is CN(C)CCOc1ccc(CNC(=O)CC(N)c2ccccc2)cc1.Cl.Cl. The van der Waals surface area contributed by atoms with Crippen molar-refractivity contribution in [3.8, 4) is 5.75 Å². The van der Waals surface area contributed by atoms with E-state index in [9.17, 15) is 4.79 Å². The van der Waals surface area contributed by atoms with E-state index in [1.165, 1.54) is 0 Å². The van der Waals surface area contributed by atoms with Crippen molar-refractivity contribution in [3.05, 3.63) is 65.7 Å². The molecule has 1 unspecified atom stereocenters. The molecule has 0 aliphatic carbocycles. The zero-order valence-corrected chi connectivity index (χ0v) is 17.4. The molecule has 0 heterocycles. The predicted octanol–water partition coefficient (Wildman–Crippen LogP) is 3.18. The summed E-state index contributed by atoms with van der Waals surface area (Å²) in [6, 6.07) is 17.1. The lowest BCUT2D eigenvalue weighted by atomic mass is 10.0. The number of amides is 1. The van der Waals surface area contributed by atoms with E-state index >= 15 is 0 Å². The van der Waals surface area contributed by atoms with Gasteiger partial charge in [0.05, 0.1) is 0 Å². The number of benzene rings is 2. The Bertz CT molecular complexity index is 652. The highest BCUT2D eigenvalue weighted by Gasteiger charge is 2.11. The van der Waals surface area contributed by atoms with Crippen molar-refractivity contribution in [2.75, 3.05) is 27.2 Å². The van der Waals surface area contributed by atoms with Crippen LogP contribution < -0.4 is 15.8 Å². The van der Waals surface area contributed by atoms with Crippen molar-refractivity contribution in [1.82, 2.24) is 10.2 Å². The molecule has 0 saturated carbocycles. The second-order valence-corrected chi connectivity index (χ2v) is 6.29. The maximum absolute atomic E-state index is 12.1. The molecule has 2 aromatic carbocycles. The second kappa shape index (κ2) is 13.4. The van der Waals surface area contributed by atoms with Crippen LogP contribution in [0.2, 0.25) is 0 Å². The van der Waals surface area contributed by atoms with Crippen molar-refractivity contribution < 1.29 is 9.53 Å². The number of nitrogens with one attached hydrogen (secondary N) is 1. The molecule has 0 saturated heterocycles. The lowest BCUT2D eigenvalue weighted by Gasteiger charge is -2.13. The molecule has 1 amide bonds. The minimum atomic E-state index is -0.284. The van der Waals surface area contributed by atoms with Gasteiger partial charge in [-0.3, -0.25) is 4.79 Å². The first-order chi connectivity index (χ1) is 12.0. The number of halogens is 2. The summed E-state index contributed by atoms with van der Waals surface area (Å²) in [4.78, 5) is 14.1. The minimum absolute atomic E-state index is 0. The normalized spacial score (nSPS) is 11.1. The van der Waals surface area contributed by atoms with Crippen molar-refractivity contribution in [1.29, 1.82) is 0 Å². The fourth-order valence-corrected chi connectivity index (χ4v) is 2.34. The molecule has 0 radical (unpaired) electrons. The molecule has 2 aromatic rings. The first-order valence-corrected chi connectivity index (χ1v) is 8.48. The number of hydrogen-bond acceptors (Lipinski definition) is 4. The summed E-state index contributed by atoms with van der Waals surface area (Å²) >= 11 is 0. The van der Waals surface area contributed by atoms with Crippen molar-refractivity contribution in [2.24, 2.45) is 5.73 Å². The van der Waals surface area contributed by atoms with Gasteiger partial charge in [-0.15, -0.1) is 24.8 Å². The standard InChI is InChI=1S/C20H27N3O2.2ClH/c1-23(2)12-13-25-18-10-8-16(9-11-18)15-22-20(24)14-19(21)17-6-4-3-5-7-17;;/h3-11,19H,12-15,21H2,1-2H3,(H,22,24);2*1H. The minimum Gasteiger partial charge on any atom is -0.492 e. The van der Waals surface area contributed by atoms with Gasteiger partial charge in [0.25, 0.3) is 0 Å². The summed E-state index contributed by atoms with van der Waals surface area (Å²) in [6.07, 6.45) is 0.274. The Hall–Kier alpha value is -1.79. The van der Waals surface area contributed by atoms with Crippen LogP contribution in [0.1, 0.15) is 23.6 Å². The maximum Gasteiger partial charge on any atom is 0.222 e. The lowest BCUT2D eigenvalue weighted by molar-refractivity contribution is -0.121. The van der Waals surface area contributed by atoms with Crippen LogP contribution in [-0.2, 0) is 11.3 Å². The molecule has 0 bridgehead atoms. The monoisotopic (exact) mass is 413 g/mol. The number of carbonyl (C=O) groups excluding carboxylic acids is 1. The molecule has 0 aromatic heterocycles. The molecule has 1 atom stereocenters. The van der Waals surface area contributed by atoms with Gasteiger partial charge in [-0.1, -0.05) is 42.5 Å². The molecule has 5 nitrogen and oxygen atoms in total. The Morgan fingerprint density at radius 2 is 1.70 bits per heavy atom. The summed E-state index contributed by atoms with van der Waals surface area (Å²) in [7, 11) is 4.03. The maximum atomic E-state index is 12.1. The fraction of sp³-hybridized carbons (Fsp3) is 0.350. The Balaban J connectivity index is 0.00000338. The molecular weight excluding hydrogens is 385 g/mol. The number of rotatable bonds is 9. The quantitative estimate of drug-likeness (QED) is 0.662. The Kier molecular flexibility index (Phi) is 12.5. The molecule has 0 aliphatic heterocycles. The van der Waals surface area contributed by atoms with E-state index in [1.54, 1.807) is 0 Å². The Morgan fingerprint density at radius 1 is 1.07 bits per heavy atom. The number of likely N-dealkylation sites (N-methyl/N-ethyl adjacent to an activating group) is 1. The smallest absolute Gasteiger partial charge is 0.222 e. The van der Waals surface area contributed by atoms with Gasteiger partial charge in [-0.2, -0.15) is 0 Å². The highest BCUT2D eigenvalue weighted by atomic mass is 35.5. The van der Waals surface area contributed by atoms with Gasteiger partial charge in [-0.05, 0) is 37.4 Å². The highest BCUT2D eigenvalue weighted by Crippen LogP contribution is 2.14. The van der Waals surface area contributed by atoms with Gasteiger partial charge < -0.3 is 20.7 Å². The largest absolute Gasteiger partial charge is 0.492 e. The van der Waals surface area contributed by atoms with Crippen LogP contribution >= 0.6 is 24.8 Å². The third kappa shape index (κ3) is 9.63. The van der Waals surface area contributed by atoms with Gasteiger partial charge in [-0.25, -0.2) is 0 Å². The number of carbonyl (C=O) groups is 1. The van der Waals surface area contributed by atoms with Gasteiger partial charge in [0.1, 0.15) is 12.4 Å². The summed E-state index contributed by atoms with van der Waals surface area (Å²) < 4.78 is 5.65. The highest BCUT2D eigenvalue weighted by molar-refractivity contribution is 5.85. The van der Waals surface area contributed by atoms with E-state index in [1.807, 2.05) is 68.7 Å². The van der Waals surface area contributed by atoms with Gasteiger partial charge >= 0.3 is 0 Å². The molecule has 7 heteroatoms. The summed E-state index contributed by atoms with van der Waals surface area (Å²) in [6.45, 7) is 2.01. The molecule has 3 N–H and O–H groups in total. The number of ether oxygens (including phenoxy) is 1. The van der Waals surface area contributed by atoms with Crippen LogP contribution in [0, 0.1) is 0 Å². The Labute approximate surface area is 174 Å². The van der Waals surface area contributed by atoms with Crippen LogP contribution in [-0.4, -0.2) is 38.1 Å². The zero-order valence-electron chi connectivity index (χ0n) is 15.8. The average Bonchev–Trinajstić information content (AvgIpc) is 2.61. The van der Waals surface area contributed by atoms with Crippen molar-refractivity contribution in [3.63, 3.8) is 0 Å². The third-order valence-corrected chi connectivity index (χ3v) is 3.85. The molecular formula is C20H29Cl2N3O2. The summed E-state index contributed by atoms with van der Waals surface area (Å²) in [5.74, 6) is 0.783. The van der Waals surface area contributed by atoms with Gasteiger partial charge in [0, 0.05) is 25.6 Å². The number of nitrogens with zero attached hydrogens (tertiary/aromatic N) is 1.